The number of hydrogen-bond acceptors (Lipinski definition) is 1. The first-order valence-corrected chi connectivity index (χ1v) is 4.99. The van der Waals surface area contributed by atoms with Crippen molar-refractivity contribution in [1.82, 2.24) is 0 Å². The van der Waals surface area contributed by atoms with E-state index >= 15 is 0 Å². The third-order valence-corrected chi connectivity index (χ3v) is 2.35. The molecule has 0 aliphatic carbocycles. The molecule has 0 radical (unpaired) electrons. The Labute approximate surface area is 86.7 Å². The van der Waals surface area contributed by atoms with E-state index in [-0.39, 0.29) is 0 Å². The Morgan fingerprint density at radius 1 is 1.14 bits per heavy atom. The van der Waals surface area contributed by atoms with Gasteiger partial charge in [-0.1, -0.05) is 30.3 Å². The highest BCUT2D eigenvalue weighted by molar-refractivity contribution is 5.13. The fourth-order valence-electron chi connectivity index (χ4n) is 1.50. The maximum absolute atomic E-state index is 5.10. The van der Waals surface area contributed by atoms with Crippen molar-refractivity contribution in [3.05, 3.63) is 35.9 Å². The Hall–Kier alpha value is -0.860. The molecule has 0 saturated heterocycles. The molecule has 0 amide bonds. The molecule has 1 aromatic rings. The molecule has 14 heavy (non-hydrogen) atoms. The van der Waals surface area contributed by atoms with Crippen molar-refractivity contribution in [3.63, 3.8) is 0 Å². The van der Waals surface area contributed by atoms with E-state index < -0.39 is 0 Å². The van der Waals surface area contributed by atoms with Gasteiger partial charge in [0.2, 0.25) is 0 Å². The quantitative estimate of drug-likeness (QED) is 0.651. The number of methoxy groups -OCH3 is 1. The zero-order valence-electron chi connectivity index (χ0n) is 9.36. The minimum Gasteiger partial charge on any atom is -0.379 e. The number of hydrogen-bond donors (Lipinski definition) is 0. The van der Waals surface area contributed by atoms with E-state index in [9.17, 15) is 0 Å². The summed E-state index contributed by atoms with van der Waals surface area (Å²) in [5.74, 6) is 0. The second-order valence-corrected chi connectivity index (χ2v) is 4.30. The summed E-state index contributed by atoms with van der Waals surface area (Å²) in [6.45, 7) is 2.93. The summed E-state index contributed by atoms with van der Waals surface area (Å²) >= 11 is 0. The minimum absolute atomic E-state index is 0.819. The van der Waals surface area contributed by atoms with E-state index in [1.807, 2.05) is 0 Å². The molecule has 0 unspecified atom stereocenters. The Balaban J connectivity index is 2.50. The number of nitrogens with zero attached hydrogens (tertiary/aromatic N) is 1. The monoisotopic (exact) mass is 194 g/mol. The largest absolute Gasteiger partial charge is 0.379 e. The maximum atomic E-state index is 5.10. The SMILES string of the molecule is COCC[N+](C)(C)Cc1ccccc1. The summed E-state index contributed by atoms with van der Waals surface area (Å²) in [5.41, 5.74) is 1.38. The van der Waals surface area contributed by atoms with Crippen LogP contribution in [0.5, 0.6) is 0 Å². The van der Waals surface area contributed by atoms with E-state index in [2.05, 4.69) is 44.4 Å². The fourth-order valence-corrected chi connectivity index (χ4v) is 1.50. The molecule has 0 aliphatic rings. The molecule has 1 aromatic carbocycles. The van der Waals surface area contributed by atoms with Crippen LogP contribution in [0.15, 0.2) is 30.3 Å². The van der Waals surface area contributed by atoms with Gasteiger partial charge in [0.05, 0.1) is 20.7 Å². The summed E-state index contributed by atoms with van der Waals surface area (Å²) in [4.78, 5) is 0. The average Bonchev–Trinajstić information content (AvgIpc) is 2.16. The van der Waals surface area contributed by atoms with E-state index in [1.165, 1.54) is 5.56 Å². The lowest BCUT2D eigenvalue weighted by Gasteiger charge is -2.29. The topological polar surface area (TPSA) is 9.23 Å². The molecule has 0 spiro atoms. The molecular formula is C12H20NO+. The first-order chi connectivity index (χ1) is 6.64. The predicted molar refractivity (Wildman–Crippen MR) is 59.0 cm³/mol. The van der Waals surface area contributed by atoms with Gasteiger partial charge in [-0.2, -0.15) is 0 Å². The third-order valence-electron chi connectivity index (χ3n) is 2.35. The normalized spacial score (nSPS) is 11.6. The van der Waals surface area contributed by atoms with E-state index in [1.54, 1.807) is 7.11 Å². The number of ether oxygens (including phenoxy) is 1. The predicted octanol–water partition coefficient (Wildman–Crippen LogP) is 1.91. The van der Waals surface area contributed by atoms with Gasteiger partial charge in [-0.15, -0.1) is 0 Å². The van der Waals surface area contributed by atoms with Crippen LogP contribution in [0.2, 0.25) is 0 Å². The molecular weight excluding hydrogens is 174 g/mol. The number of benzene rings is 1. The van der Waals surface area contributed by atoms with Gasteiger partial charge in [-0.05, 0) is 0 Å². The van der Waals surface area contributed by atoms with Crippen molar-refractivity contribution in [2.24, 2.45) is 0 Å². The lowest BCUT2D eigenvalue weighted by Crippen LogP contribution is -2.41. The van der Waals surface area contributed by atoms with Gasteiger partial charge < -0.3 is 9.22 Å². The number of rotatable bonds is 5. The van der Waals surface area contributed by atoms with Crippen molar-refractivity contribution in [2.45, 2.75) is 6.54 Å². The van der Waals surface area contributed by atoms with Gasteiger partial charge in [-0.25, -0.2) is 0 Å². The standard InChI is InChI=1S/C12H20NO/c1-13(2,9-10-14-3)11-12-7-5-4-6-8-12/h4-8H,9-11H2,1-3H3/q+1. The van der Waals surface area contributed by atoms with Crippen LogP contribution >= 0.6 is 0 Å². The van der Waals surface area contributed by atoms with Crippen LogP contribution < -0.4 is 0 Å². The molecule has 0 N–H and O–H groups in total. The van der Waals surface area contributed by atoms with Crippen LogP contribution in [0.3, 0.4) is 0 Å². The van der Waals surface area contributed by atoms with Crippen molar-refractivity contribution in [1.29, 1.82) is 0 Å². The number of likely N-dealkylation sites (N-methyl/N-ethyl adjacent to an activating group) is 1. The Morgan fingerprint density at radius 3 is 2.36 bits per heavy atom. The van der Waals surface area contributed by atoms with E-state index in [4.69, 9.17) is 4.74 Å². The fraction of sp³-hybridized carbons (Fsp3) is 0.500. The van der Waals surface area contributed by atoms with Crippen LogP contribution in [-0.4, -0.2) is 38.8 Å². The second kappa shape index (κ2) is 5.13. The minimum atomic E-state index is 0.819. The van der Waals surface area contributed by atoms with Crippen LogP contribution in [-0.2, 0) is 11.3 Å². The van der Waals surface area contributed by atoms with Crippen molar-refractivity contribution in [2.75, 3.05) is 34.4 Å². The second-order valence-electron chi connectivity index (χ2n) is 4.30. The van der Waals surface area contributed by atoms with Crippen LogP contribution in [0.25, 0.3) is 0 Å². The van der Waals surface area contributed by atoms with Crippen molar-refractivity contribution in [3.8, 4) is 0 Å². The lowest BCUT2D eigenvalue weighted by molar-refractivity contribution is -0.903. The zero-order valence-corrected chi connectivity index (χ0v) is 9.36. The lowest BCUT2D eigenvalue weighted by atomic mass is 10.2. The van der Waals surface area contributed by atoms with Crippen LogP contribution in [0.4, 0.5) is 0 Å². The summed E-state index contributed by atoms with van der Waals surface area (Å²) in [6, 6.07) is 10.6. The molecule has 0 aromatic heterocycles. The molecule has 0 aliphatic heterocycles. The Kier molecular flexibility index (Phi) is 4.11. The molecule has 2 heteroatoms. The molecule has 78 valence electrons. The summed E-state index contributed by atoms with van der Waals surface area (Å²) in [5, 5.41) is 0. The molecule has 0 fully saturated rings. The highest BCUT2D eigenvalue weighted by Gasteiger charge is 2.14. The van der Waals surface area contributed by atoms with Gasteiger partial charge in [0, 0.05) is 12.7 Å². The average molecular weight is 194 g/mol. The zero-order chi connectivity index (χ0) is 10.4. The summed E-state index contributed by atoms with van der Waals surface area (Å²) < 4.78 is 6.07. The summed E-state index contributed by atoms with van der Waals surface area (Å²) in [7, 11) is 6.21. The van der Waals surface area contributed by atoms with Gasteiger partial charge in [0.15, 0.2) is 0 Å². The molecule has 1 rings (SSSR count). The van der Waals surface area contributed by atoms with Gasteiger partial charge in [0.25, 0.3) is 0 Å². The van der Waals surface area contributed by atoms with Gasteiger partial charge in [-0.3, -0.25) is 0 Å². The molecule has 2 nitrogen and oxygen atoms in total. The maximum Gasteiger partial charge on any atom is 0.104 e. The number of quaternary nitrogens is 1. The first-order valence-electron chi connectivity index (χ1n) is 4.99. The highest BCUT2D eigenvalue weighted by atomic mass is 16.5. The Morgan fingerprint density at radius 2 is 1.79 bits per heavy atom. The highest BCUT2D eigenvalue weighted by Crippen LogP contribution is 2.08. The smallest absolute Gasteiger partial charge is 0.104 e. The van der Waals surface area contributed by atoms with Crippen LogP contribution in [0, 0.1) is 0 Å². The Bertz CT molecular complexity index is 256. The third kappa shape index (κ3) is 3.90. The summed E-state index contributed by atoms with van der Waals surface area (Å²) in [6.07, 6.45) is 0. The molecule has 0 atom stereocenters. The van der Waals surface area contributed by atoms with E-state index in [0.717, 1.165) is 24.2 Å². The van der Waals surface area contributed by atoms with Gasteiger partial charge in [0.1, 0.15) is 13.1 Å². The van der Waals surface area contributed by atoms with E-state index in [0.29, 0.717) is 0 Å². The van der Waals surface area contributed by atoms with Crippen molar-refractivity contribution >= 4 is 0 Å². The molecule has 0 bridgehead atoms. The first kappa shape index (κ1) is 11.2. The van der Waals surface area contributed by atoms with Gasteiger partial charge >= 0.3 is 0 Å². The molecule has 0 saturated carbocycles. The molecule has 0 heterocycles. The van der Waals surface area contributed by atoms with Crippen LogP contribution in [0.1, 0.15) is 5.56 Å². The van der Waals surface area contributed by atoms with Crippen molar-refractivity contribution < 1.29 is 9.22 Å².